The van der Waals surface area contributed by atoms with Gasteiger partial charge in [0.15, 0.2) is 0 Å². The van der Waals surface area contributed by atoms with Crippen molar-refractivity contribution in [2.45, 2.75) is 51.5 Å². The molecule has 2 atom stereocenters. The van der Waals surface area contributed by atoms with Crippen molar-refractivity contribution in [3.63, 3.8) is 0 Å². The largest absolute Gasteiger partial charge is 0.308 e. The molecule has 2 fully saturated rings. The minimum absolute atomic E-state index is 0.602. The van der Waals surface area contributed by atoms with Crippen LogP contribution in [-0.2, 0) is 0 Å². The molecule has 1 heteroatoms. The minimum Gasteiger partial charge on any atom is -0.308 e. The smallest absolute Gasteiger partial charge is 0.0337 e. The molecule has 1 saturated carbocycles. The van der Waals surface area contributed by atoms with E-state index < -0.39 is 0 Å². The third kappa shape index (κ3) is 1.39. The number of hydrogen-bond acceptors (Lipinski definition) is 1. The van der Waals surface area contributed by atoms with Gasteiger partial charge in [-0.15, -0.1) is 0 Å². The van der Waals surface area contributed by atoms with E-state index in [-0.39, 0.29) is 0 Å². The fraction of sp³-hybridized carbons (Fsp3) is 1.00. The molecular formula is C11H21N. The van der Waals surface area contributed by atoms with Gasteiger partial charge in [-0.2, -0.15) is 0 Å². The van der Waals surface area contributed by atoms with Crippen LogP contribution < -0.4 is 5.32 Å². The normalized spacial score (nSPS) is 41.8. The molecule has 2 aliphatic rings. The predicted molar refractivity (Wildman–Crippen MR) is 52.1 cm³/mol. The van der Waals surface area contributed by atoms with Crippen molar-refractivity contribution < 1.29 is 0 Å². The summed E-state index contributed by atoms with van der Waals surface area (Å²) in [6.45, 7) is 6.07. The fourth-order valence-corrected chi connectivity index (χ4v) is 2.97. The van der Waals surface area contributed by atoms with Crippen molar-refractivity contribution in [3.8, 4) is 0 Å². The highest BCUT2D eigenvalue weighted by Crippen LogP contribution is 2.42. The van der Waals surface area contributed by atoms with Crippen LogP contribution in [0.2, 0.25) is 0 Å². The van der Waals surface area contributed by atoms with Gasteiger partial charge in [-0.05, 0) is 24.7 Å². The summed E-state index contributed by atoms with van der Waals surface area (Å²) in [6.07, 6.45) is 7.29. The van der Waals surface area contributed by atoms with E-state index in [0.29, 0.717) is 5.54 Å². The molecule has 0 unspecified atom stereocenters. The zero-order valence-electron chi connectivity index (χ0n) is 8.40. The molecule has 0 amide bonds. The highest BCUT2D eigenvalue weighted by molar-refractivity contribution is 5.09. The molecule has 1 heterocycles. The van der Waals surface area contributed by atoms with Gasteiger partial charge in [0.25, 0.3) is 0 Å². The Labute approximate surface area is 75.9 Å². The first kappa shape index (κ1) is 8.55. The van der Waals surface area contributed by atoms with Crippen LogP contribution in [0.15, 0.2) is 0 Å². The second-order valence-corrected chi connectivity index (χ2v) is 4.96. The van der Waals surface area contributed by atoms with Crippen LogP contribution in [0.4, 0.5) is 0 Å². The van der Waals surface area contributed by atoms with Gasteiger partial charge in [0.2, 0.25) is 0 Å². The van der Waals surface area contributed by atoms with E-state index in [9.17, 15) is 0 Å². The maximum Gasteiger partial charge on any atom is 0.0337 e. The van der Waals surface area contributed by atoms with Crippen molar-refractivity contribution in [2.24, 2.45) is 11.8 Å². The van der Waals surface area contributed by atoms with Gasteiger partial charge in [0.05, 0.1) is 0 Å². The Balaban J connectivity index is 2.06. The molecule has 0 aromatic carbocycles. The van der Waals surface area contributed by atoms with Crippen LogP contribution in [0.1, 0.15) is 46.0 Å². The summed E-state index contributed by atoms with van der Waals surface area (Å²) in [5.74, 6) is 1.83. The monoisotopic (exact) mass is 167 g/mol. The third-order valence-electron chi connectivity index (χ3n) is 3.78. The summed E-state index contributed by atoms with van der Waals surface area (Å²) in [6, 6.07) is 0. The summed E-state index contributed by atoms with van der Waals surface area (Å²) >= 11 is 0. The Bertz CT molecular complexity index is 158. The lowest BCUT2D eigenvalue weighted by Gasteiger charge is -2.26. The molecule has 1 saturated heterocycles. The van der Waals surface area contributed by atoms with Gasteiger partial charge < -0.3 is 5.32 Å². The zero-order chi connectivity index (χ0) is 8.60. The first-order valence-electron chi connectivity index (χ1n) is 5.50. The topological polar surface area (TPSA) is 21.9 Å². The second kappa shape index (κ2) is 3.02. The Morgan fingerprint density at radius 1 is 1.25 bits per heavy atom. The molecule has 0 radical (unpaired) electrons. The van der Waals surface area contributed by atoms with Crippen LogP contribution in [0, 0.1) is 11.8 Å². The molecule has 0 aromatic heterocycles. The maximum atomic E-state index is 3.62. The van der Waals surface area contributed by atoms with Crippen LogP contribution in [0.3, 0.4) is 0 Å². The van der Waals surface area contributed by atoms with Crippen LogP contribution >= 0.6 is 0 Å². The molecule has 1 aliphatic heterocycles. The highest BCUT2D eigenvalue weighted by atomic mass is 15.2. The van der Waals surface area contributed by atoms with Crippen molar-refractivity contribution >= 4 is 0 Å². The molecule has 0 aromatic rings. The fourth-order valence-electron chi connectivity index (χ4n) is 2.97. The molecule has 1 aliphatic carbocycles. The summed E-state index contributed by atoms with van der Waals surface area (Å²) in [7, 11) is 0. The van der Waals surface area contributed by atoms with E-state index in [0.717, 1.165) is 11.8 Å². The van der Waals surface area contributed by atoms with E-state index >= 15 is 0 Å². The Kier molecular flexibility index (Phi) is 2.16. The number of nitrogens with one attached hydrogen (secondary N) is 1. The van der Waals surface area contributed by atoms with Gasteiger partial charge in [-0.25, -0.2) is 0 Å². The van der Waals surface area contributed by atoms with Crippen molar-refractivity contribution in [2.75, 3.05) is 6.54 Å². The molecule has 70 valence electrons. The summed E-state index contributed by atoms with van der Waals surface area (Å²) in [4.78, 5) is 0. The molecular weight excluding hydrogens is 146 g/mol. The molecule has 12 heavy (non-hydrogen) atoms. The van der Waals surface area contributed by atoms with E-state index in [4.69, 9.17) is 0 Å². The highest BCUT2D eigenvalue weighted by Gasteiger charge is 2.49. The van der Waals surface area contributed by atoms with Crippen LogP contribution in [0.5, 0.6) is 0 Å². The Morgan fingerprint density at radius 3 is 2.58 bits per heavy atom. The van der Waals surface area contributed by atoms with Crippen molar-refractivity contribution in [1.29, 1.82) is 0 Å². The standard InChI is InChI=1S/C11H21N/c1-9(2)10-6-4-3-5-7-11(10)8-12-11/h9-10,12H,3-8H2,1-2H3/t10-,11+/m1/s1. The SMILES string of the molecule is CC(C)[C@H]1CCCCC[C@]12CN2. The van der Waals surface area contributed by atoms with Gasteiger partial charge in [-0.1, -0.05) is 33.1 Å². The average molecular weight is 167 g/mol. The molecule has 0 bridgehead atoms. The van der Waals surface area contributed by atoms with Crippen molar-refractivity contribution in [3.05, 3.63) is 0 Å². The molecule has 2 rings (SSSR count). The quantitative estimate of drug-likeness (QED) is 0.596. The lowest BCUT2D eigenvalue weighted by Crippen LogP contribution is -2.30. The third-order valence-corrected chi connectivity index (χ3v) is 3.78. The van der Waals surface area contributed by atoms with Gasteiger partial charge in [0, 0.05) is 12.1 Å². The Morgan fingerprint density at radius 2 is 2.00 bits per heavy atom. The first-order valence-corrected chi connectivity index (χ1v) is 5.50. The van der Waals surface area contributed by atoms with Crippen LogP contribution in [0.25, 0.3) is 0 Å². The lowest BCUT2D eigenvalue weighted by molar-refractivity contribution is 0.277. The van der Waals surface area contributed by atoms with E-state index in [1.807, 2.05) is 0 Å². The zero-order valence-corrected chi connectivity index (χ0v) is 8.40. The van der Waals surface area contributed by atoms with Gasteiger partial charge in [0.1, 0.15) is 0 Å². The molecule has 1 N–H and O–H groups in total. The van der Waals surface area contributed by atoms with Gasteiger partial charge >= 0.3 is 0 Å². The van der Waals surface area contributed by atoms with Gasteiger partial charge in [-0.3, -0.25) is 0 Å². The van der Waals surface area contributed by atoms with Crippen LogP contribution in [-0.4, -0.2) is 12.1 Å². The van der Waals surface area contributed by atoms with E-state index in [1.165, 1.54) is 38.6 Å². The molecule has 1 spiro atoms. The summed E-state index contributed by atoms with van der Waals surface area (Å²) < 4.78 is 0. The molecule has 1 nitrogen and oxygen atoms in total. The lowest BCUT2D eigenvalue weighted by atomic mass is 9.79. The summed E-state index contributed by atoms with van der Waals surface area (Å²) in [5.41, 5.74) is 0.602. The van der Waals surface area contributed by atoms with Crippen molar-refractivity contribution in [1.82, 2.24) is 5.32 Å². The average Bonchev–Trinajstić information content (AvgIpc) is 2.80. The predicted octanol–water partition coefficient (Wildman–Crippen LogP) is 2.56. The maximum absolute atomic E-state index is 3.62. The van der Waals surface area contributed by atoms with E-state index in [2.05, 4.69) is 19.2 Å². The number of rotatable bonds is 1. The number of hydrogen-bond donors (Lipinski definition) is 1. The second-order valence-electron chi connectivity index (χ2n) is 4.96. The van der Waals surface area contributed by atoms with E-state index in [1.54, 1.807) is 0 Å². The first-order chi connectivity index (χ1) is 5.75. The Hall–Kier alpha value is -0.0400. The minimum atomic E-state index is 0.602. The summed E-state index contributed by atoms with van der Waals surface area (Å²) in [5, 5.41) is 3.62.